The van der Waals surface area contributed by atoms with Crippen molar-refractivity contribution >= 4 is 16.1 Å². The van der Waals surface area contributed by atoms with Gasteiger partial charge in [0.15, 0.2) is 0 Å². The van der Waals surface area contributed by atoms with Crippen LogP contribution in [0.25, 0.3) is 0 Å². The van der Waals surface area contributed by atoms with Gasteiger partial charge in [-0.25, -0.2) is 13.2 Å². The SMILES string of the molecule is C=CC(=O)OC(C)(C=C)C(C)S(=O)(=O)[O-].[Na+]. The molecule has 0 aromatic heterocycles. The maximum atomic E-state index is 10.9. The van der Waals surface area contributed by atoms with E-state index < -0.39 is 26.9 Å². The van der Waals surface area contributed by atoms with Crippen molar-refractivity contribution in [3.63, 3.8) is 0 Å². The first-order valence-electron chi connectivity index (χ1n) is 4.11. The summed E-state index contributed by atoms with van der Waals surface area (Å²) in [4.78, 5) is 10.9. The first kappa shape index (κ1) is 18.2. The Morgan fingerprint density at radius 3 is 2.19 bits per heavy atom. The molecule has 0 amide bonds. The molecule has 0 aliphatic heterocycles. The second-order valence-electron chi connectivity index (χ2n) is 3.15. The van der Waals surface area contributed by atoms with E-state index in [4.69, 9.17) is 4.74 Å². The van der Waals surface area contributed by atoms with Gasteiger partial charge in [0.1, 0.15) is 15.7 Å². The number of hydrogen-bond donors (Lipinski definition) is 0. The molecule has 0 N–H and O–H groups in total. The molecule has 0 aromatic carbocycles. The molecule has 0 rings (SSSR count). The van der Waals surface area contributed by atoms with E-state index in [0.717, 1.165) is 19.1 Å². The van der Waals surface area contributed by atoms with E-state index in [9.17, 15) is 17.8 Å². The number of ether oxygens (including phenoxy) is 1. The maximum Gasteiger partial charge on any atom is 1.00 e. The molecule has 0 aliphatic rings. The Kier molecular flexibility index (Phi) is 7.47. The fourth-order valence-corrected chi connectivity index (χ4v) is 1.55. The van der Waals surface area contributed by atoms with Crippen LogP contribution in [0.15, 0.2) is 25.3 Å². The third-order valence-corrected chi connectivity index (χ3v) is 3.47. The van der Waals surface area contributed by atoms with Crippen molar-refractivity contribution in [1.29, 1.82) is 0 Å². The monoisotopic (exact) mass is 256 g/mol. The zero-order valence-electron chi connectivity index (χ0n) is 9.60. The third kappa shape index (κ3) is 4.80. The zero-order chi connectivity index (χ0) is 12.3. The summed E-state index contributed by atoms with van der Waals surface area (Å²) < 4.78 is 37.1. The van der Waals surface area contributed by atoms with Gasteiger partial charge in [0.2, 0.25) is 0 Å². The topological polar surface area (TPSA) is 83.5 Å². The van der Waals surface area contributed by atoms with Crippen molar-refractivity contribution < 1.29 is 52.1 Å². The molecule has 0 aliphatic carbocycles. The van der Waals surface area contributed by atoms with Crippen LogP contribution in [0.4, 0.5) is 0 Å². The van der Waals surface area contributed by atoms with Gasteiger partial charge >= 0.3 is 35.5 Å². The number of esters is 1. The van der Waals surface area contributed by atoms with Crippen LogP contribution in [-0.2, 0) is 19.6 Å². The number of rotatable bonds is 5. The molecular formula is C9H13NaO5S. The fraction of sp³-hybridized carbons (Fsp3) is 0.444. The van der Waals surface area contributed by atoms with Crippen LogP contribution in [-0.4, -0.2) is 29.8 Å². The fourth-order valence-electron chi connectivity index (χ4n) is 0.836. The summed E-state index contributed by atoms with van der Waals surface area (Å²) in [6.45, 7) is 8.95. The predicted octanol–water partition coefficient (Wildman–Crippen LogP) is -2.40. The number of hydrogen-bond acceptors (Lipinski definition) is 5. The molecule has 0 saturated carbocycles. The molecule has 0 radical (unpaired) electrons. The molecule has 5 nitrogen and oxygen atoms in total. The van der Waals surface area contributed by atoms with Crippen LogP contribution in [0.1, 0.15) is 13.8 Å². The molecule has 0 saturated heterocycles. The van der Waals surface area contributed by atoms with E-state index in [1.54, 1.807) is 0 Å². The number of carbonyl (C=O) groups is 1. The van der Waals surface area contributed by atoms with Gasteiger partial charge in [-0.1, -0.05) is 13.2 Å². The summed E-state index contributed by atoms with van der Waals surface area (Å²) in [6.07, 6.45) is 1.99. The summed E-state index contributed by atoms with van der Waals surface area (Å²) in [5, 5.41) is -1.41. The van der Waals surface area contributed by atoms with Gasteiger partial charge in [-0.3, -0.25) is 0 Å². The Hall–Kier alpha value is -0.140. The van der Waals surface area contributed by atoms with Gasteiger partial charge in [-0.15, -0.1) is 0 Å². The van der Waals surface area contributed by atoms with E-state index in [-0.39, 0.29) is 29.6 Å². The van der Waals surface area contributed by atoms with Crippen molar-refractivity contribution in [2.75, 3.05) is 0 Å². The summed E-state index contributed by atoms with van der Waals surface area (Å²) in [7, 11) is -4.56. The minimum absolute atomic E-state index is 0. The smallest absolute Gasteiger partial charge is 0.748 e. The van der Waals surface area contributed by atoms with Gasteiger partial charge in [-0.05, 0) is 19.9 Å². The molecule has 0 aromatic rings. The van der Waals surface area contributed by atoms with Crippen molar-refractivity contribution in [2.24, 2.45) is 0 Å². The molecule has 16 heavy (non-hydrogen) atoms. The van der Waals surface area contributed by atoms with E-state index in [1.807, 2.05) is 0 Å². The Morgan fingerprint density at radius 2 is 1.94 bits per heavy atom. The first-order valence-corrected chi connectivity index (χ1v) is 5.58. The molecule has 0 spiro atoms. The second-order valence-corrected chi connectivity index (χ2v) is 4.84. The van der Waals surface area contributed by atoms with Gasteiger partial charge in [0.05, 0.1) is 5.25 Å². The second kappa shape index (κ2) is 6.56. The van der Waals surface area contributed by atoms with Crippen molar-refractivity contribution in [1.82, 2.24) is 0 Å². The molecule has 2 unspecified atom stereocenters. The molecule has 86 valence electrons. The van der Waals surface area contributed by atoms with Crippen molar-refractivity contribution in [3.05, 3.63) is 25.3 Å². The van der Waals surface area contributed by atoms with Crippen molar-refractivity contribution in [2.45, 2.75) is 24.7 Å². The van der Waals surface area contributed by atoms with E-state index >= 15 is 0 Å². The normalized spacial score (nSPS) is 16.2. The molecule has 0 bridgehead atoms. The van der Waals surface area contributed by atoms with Crippen LogP contribution in [0.5, 0.6) is 0 Å². The average Bonchev–Trinajstić information content (AvgIpc) is 2.14. The molecule has 0 fully saturated rings. The number of carbonyl (C=O) groups excluding carboxylic acids is 1. The largest absolute Gasteiger partial charge is 1.00 e. The van der Waals surface area contributed by atoms with E-state index in [0.29, 0.717) is 0 Å². The van der Waals surface area contributed by atoms with Crippen LogP contribution in [0, 0.1) is 0 Å². The Bertz CT molecular complexity index is 375. The summed E-state index contributed by atoms with van der Waals surface area (Å²) in [5.74, 6) is -0.812. The van der Waals surface area contributed by atoms with Crippen LogP contribution >= 0.6 is 0 Å². The third-order valence-electron chi connectivity index (χ3n) is 2.13. The average molecular weight is 256 g/mol. The minimum atomic E-state index is -4.56. The van der Waals surface area contributed by atoms with Gasteiger partial charge < -0.3 is 9.29 Å². The maximum absolute atomic E-state index is 10.9. The van der Waals surface area contributed by atoms with E-state index in [2.05, 4.69) is 13.2 Å². The van der Waals surface area contributed by atoms with Crippen LogP contribution < -0.4 is 29.6 Å². The van der Waals surface area contributed by atoms with Crippen LogP contribution in [0.3, 0.4) is 0 Å². The first-order chi connectivity index (χ1) is 6.67. The van der Waals surface area contributed by atoms with E-state index in [1.165, 1.54) is 6.92 Å². The molecule has 0 heterocycles. The summed E-state index contributed by atoms with van der Waals surface area (Å²) in [6, 6.07) is 0. The molecule has 7 heteroatoms. The Labute approximate surface area is 118 Å². The minimum Gasteiger partial charge on any atom is -0.748 e. The molecule has 2 atom stereocenters. The predicted molar refractivity (Wildman–Crippen MR) is 54.1 cm³/mol. The standard InChI is InChI=1S/C9H14O5S.Na/c1-5-8(10)14-9(4,6-2)7(3)15(11,12)13;/h5-7H,1-2H2,3-4H3,(H,11,12,13);/q;+1/p-1. The van der Waals surface area contributed by atoms with Crippen LogP contribution in [0.2, 0.25) is 0 Å². The molecular weight excluding hydrogens is 243 g/mol. The van der Waals surface area contributed by atoms with Gasteiger partial charge in [0, 0.05) is 6.08 Å². The Morgan fingerprint density at radius 1 is 1.50 bits per heavy atom. The summed E-state index contributed by atoms with van der Waals surface area (Å²) >= 11 is 0. The van der Waals surface area contributed by atoms with Gasteiger partial charge in [-0.2, -0.15) is 0 Å². The zero-order valence-corrected chi connectivity index (χ0v) is 12.4. The quantitative estimate of drug-likeness (QED) is 0.180. The van der Waals surface area contributed by atoms with Crippen molar-refractivity contribution in [3.8, 4) is 0 Å². The van der Waals surface area contributed by atoms with Gasteiger partial charge in [0.25, 0.3) is 0 Å². The Balaban J connectivity index is 0. The summed E-state index contributed by atoms with van der Waals surface area (Å²) in [5.41, 5.74) is -1.55.